The Kier molecular flexibility index (Phi) is 4.69. The highest BCUT2D eigenvalue weighted by Crippen LogP contribution is 2.36. The second kappa shape index (κ2) is 6.89. The van der Waals surface area contributed by atoms with Crippen molar-refractivity contribution in [2.45, 2.75) is 13.0 Å². The van der Waals surface area contributed by atoms with Crippen LogP contribution in [0.4, 0.5) is 0 Å². The van der Waals surface area contributed by atoms with Gasteiger partial charge in [-0.2, -0.15) is 0 Å². The minimum absolute atomic E-state index is 0.299. The molecule has 0 atom stereocenters. The zero-order valence-electron chi connectivity index (χ0n) is 11.9. The molecule has 2 heterocycles. The van der Waals surface area contributed by atoms with Gasteiger partial charge in [0.25, 0.3) is 0 Å². The molecule has 0 saturated heterocycles. The van der Waals surface area contributed by atoms with Gasteiger partial charge in [0.15, 0.2) is 11.5 Å². The van der Waals surface area contributed by atoms with Crippen molar-refractivity contribution in [2.75, 3.05) is 27.1 Å². The van der Waals surface area contributed by atoms with Crippen LogP contribution in [0.5, 0.6) is 11.5 Å². The first kappa shape index (κ1) is 14.3. The highest BCUT2D eigenvalue weighted by molar-refractivity contribution is 7.13. The molecule has 3 rings (SSSR count). The average Bonchev–Trinajstić information content (AvgIpc) is 3.15. The van der Waals surface area contributed by atoms with Crippen molar-refractivity contribution in [1.82, 2.24) is 10.3 Å². The summed E-state index contributed by atoms with van der Waals surface area (Å²) in [5.41, 5.74) is 2.12. The first-order valence-corrected chi connectivity index (χ1v) is 7.79. The van der Waals surface area contributed by atoms with Crippen LogP contribution >= 0.6 is 11.3 Å². The van der Waals surface area contributed by atoms with Gasteiger partial charge in [-0.05, 0) is 31.2 Å². The average molecular weight is 306 g/mol. The summed E-state index contributed by atoms with van der Waals surface area (Å²) in [6, 6.07) is 5.93. The van der Waals surface area contributed by atoms with Crippen LogP contribution in [0.25, 0.3) is 10.6 Å². The van der Waals surface area contributed by atoms with Crippen LogP contribution < -0.4 is 14.8 Å². The van der Waals surface area contributed by atoms with Crippen LogP contribution in [-0.4, -0.2) is 32.0 Å². The van der Waals surface area contributed by atoms with Gasteiger partial charge in [0.2, 0.25) is 6.79 Å². The van der Waals surface area contributed by atoms with Crippen LogP contribution in [0.15, 0.2) is 23.6 Å². The fourth-order valence-corrected chi connectivity index (χ4v) is 2.93. The second-order valence-corrected chi connectivity index (χ2v) is 5.59. The van der Waals surface area contributed by atoms with E-state index in [9.17, 15) is 0 Å². The first-order chi connectivity index (χ1) is 10.4. The predicted molar refractivity (Wildman–Crippen MR) is 81.9 cm³/mol. The van der Waals surface area contributed by atoms with Gasteiger partial charge in [0, 0.05) is 31.2 Å². The number of methoxy groups -OCH3 is 1. The third-order valence-corrected chi connectivity index (χ3v) is 4.12. The predicted octanol–water partition coefficient (Wildman–Crippen LogP) is 2.66. The van der Waals surface area contributed by atoms with E-state index >= 15 is 0 Å². The van der Waals surface area contributed by atoms with Gasteiger partial charge in [-0.25, -0.2) is 4.98 Å². The van der Waals surface area contributed by atoms with Gasteiger partial charge in [0.1, 0.15) is 5.01 Å². The molecule has 0 spiro atoms. The van der Waals surface area contributed by atoms with Crippen molar-refractivity contribution in [3.8, 4) is 22.1 Å². The van der Waals surface area contributed by atoms with Crippen LogP contribution in [0.3, 0.4) is 0 Å². The lowest BCUT2D eigenvalue weighted by atomic mass is 10.2. The van der Waals surface area contributed by atoms with Gasteiger partial charge in [0.05, 0.1) is 5.69 Å². The number of ether oxygens (including phenoxy) is 3. The molecule has 0 unspecified atom stereocenters. The van der Waals surface area contributed by atoms with Crippen LogP contribution in [0.1, 0.15) is 12.1 Å². The molecular formula is C15H18N2O3S. The summed E-state index contributed by atoms with van der Waals surface area (Å²) in [5.74, 6) is 1.59. The van der Waals surface area contributed by atoms with Gasteiger partial charge in [-0.3, -0.25) is 0 Å². The summed E-state index contributed by atoms with van der Waals surface area (Å²) >= 11 is 1.64. The lowest BCUT2D eigenvalue weighted by molar-refractivity contribution is 0.174. The Bertz CT molecular complexity index is 600. The van der Waals surface area contributed by atoms with E-state index in [1.807, 2.05) is 18.2 Å². The summed E-state index contributed by atoms with van der Waals surface area (Å²) in [6.45, 7) is 2.80. The van der Waals surface area contributed by atoms with Crippen molar-refractivity contribution in [2.24, 2.45) is 0 Å². The van der Waals surface area contributed by atoms with E-state index in [0.717, 1.165) is 53.9 Å². The molecule has 1 aliphatic rings. The van der Waals surface area contributed by atoms with E-state index in [1.165, 1.54) is 0 Å². The topological polar surface area (TPSA) is 52.6 Å². The maximum absolute atomic E-state index is 5.40. The number of fused-ring (bicyclic) bond motifs is 1. The molecule has 1 aromatic heterocycles. The van der Waals surface area contributed by atoms with Crippen molar-refractivity contribution < 1.29 is 14.2 Å². The summed E-state index contributed by atoms with van der Waals surface area (Å²) in [5, 5.41) is 6.45. The molecular weight excluding hydrogens is 288 g/mol. The largest absolute Gasteiger partial charge is 0.454 e. The molecule has 0 saturated carbocycles. The second-order valence-electron chi connectivity index (χ2n) is 4.74. The molecule has 1 N–H and O–H groups in total. The molecule has 1 aliphatic heterocycles. The van der Waals surface area contributed by atoms with Crippen molar-refractivity contribution >= 4 is 11.3 Å². The molecule has 0 fully saturated rings. The fraction of sp³-hybridized carbons (Fsp3) is 0.400. The molecule has 6 heteroatoms. The molecule has 21 heavy (non-hydrogen) atoms. The number of aromatic nitrogens is 1. The van der Waals surface area contributed by atoms with Crippen molar-refractivity contribution in [1.29, 1.82) is 0 Å². The summed E-state index contributed by atoms with van der Waals surface area (Å²) < 4.78 is 15.7. The quantitative estimate of drug-likeness (QED) is 0.797. The van der Waals surface area contributed by atoms with E-state index in [0.29, 0.717) is 6.79 Å². The highest BCUT2D eigenvalue weighted by Gasteiger charge is 2.15. The Morgan fingerprint density at radius 2 is 2.24 bits per heavy atom. The number of hydrogen-bond acceptors (Lipinski definition) is 6. The van der Waals surface area contributed by atoms with E-state index in [4.69, 9.17) is 14.2 Å². The van der Waals surface area contributed by atoms with Crippen LogP contribution in [0, 0.1) is 0 Å². The van der Waals surface area contributed by atoms with E-state index in [1.54, 1.807) is 18.4 Å². The standard InChI is InChI=1S/C15H18N2O3S/c1-18-6-2-5-16-8-12-9-21-15(17-12)11-3-4-13-14(7-11)20-10-19-13/h3-4,7,9,16H,2,5-6,8,10H2,1H3. The minimum atomic E-state index is 0.299. The Morgan fingerprint density at radius 3 is 3.14 bits per heavy atom. The Labute approximate surface area is 127 Å². The molecule has 2 aromatic rings. The number of nitrogens with zero attached hydrogens (tertiary/aromatic N) is 1. The molecule has 0 amide bonds. The Morgan fingerprint density at radius 1 is 1.33 bits per heavy atom. The van der Waals surface area contributed by atoms with Crippen molar-refractivity contribution in [3.63, 3.8) is 0 Å². The summed E-state index contributed by atoms with van der Waals surface area (Å²) in [6.07, 6.45) is 1.01. The molecule has 5 nitrogen and oxygen atoms in total. The molecule has 1 aromatic carbocycles. The van der Waals surface area contributed by atoms with E-state index < -0.39 is 0 Å². The zero-order chi connectivity index (χ0) is 14.5. The Balaban J connectivity index is 1.59. The van der Waals surface area contributed by atoms with Gasteiger partial charge < -0.3 is 19.5 Å². The normalized spacial score (nSPS) is 12.8. The maximum Gasteiger partial charge on any atom is 0.231 e. The monoisotopic (exact) mass is 306 g/mol. The number of hydrogen-bond donors (Lipinski definition) is 1. The van der Waals surface area contributed by atoms with E-state index in [-0.39, 0.29) is 0 Å². The lowest BCUT2D eigenvalue weighted by Gasteiger charge is -2.02. The van der Waals surface area contributed by atoms with Gasteiger partial charge in [-0.15, -0.1) is 11.3 Å². The maximum atomic E-state index is 5.40. The third kappa shape index (κ3) is 3.53. The molecule has 0 aliphatic carbocycles. The number of thiazole rings is 1. The van der Waals surface area contributed by atoms with E-state index in [2.05, 4.69) is 15.7 Å². The van der Waals surface area contributed by atoms with Gasteiger partial charge >= 0.3 is 0 Å². The fourth-order valence-electron chi connectivity index (χ4n) is 2.11. The smallest absolute Gasteiger partial charge is 0.231 e. The third-order valence-electron chi connectivity index (χ3n) is 3.18. The Hall–Kier alpha value is -1.63. The number of benzene rings is 1. The number of rotatable bonds is 7. The zero-order valence-corrected chi connectivity index (χ0v) is 12.7. The molecule has 0 bridgehead atoms. The van der Waals surface area contributed by atoms with Gasteiger partial charge in [-0.1, -0.05) is 0 Å². The highest BCUT2D eigenvalue weighted by atomic mass is 32.1. The van der Waals surface area contributed by atoms with Crippen molar-refractivity contribution in [3.05, 3.63) is 29.3 Å². The minimum Gasteiger partial charge on any atom is -0.454 e. The molecule has 112 valence electrons. The lowest BCUT2D eigenvalue weighted by Crippen LogP contribution is -2.16. The number of nitrogens with one attached hydrogen (secondary N) is 1. The first-order valence-electron chi connectivity index (χ1n) is 6.91. The molecule has 0 radical (unpaired) electrons. The summed E-state index contributed by atoms with van der Waals surface area (Å²) in [7, 11) is 1.72. The van der Waals surface area contributed by atoms with Crippen LogP contribution in [0.2, 0.25) is 0 Å². The SMILES string of the molecule is COCCCNCc1csc(-c2ccc3c(c2)OCO3)n1. The van der Waals surface area contributed by atoms with Crippen LogP contribution in [-0.2, 0) is 11.3 Å². The summed E-state index contributed by atoms with van der Waals surface area (Å²) in [4.78, 5) is 4.65.